The summed E-state index contributed by atoms with van der Waals surface area (Å²) in [5.74, 6) is 0. The van der Waals surface area contributed by atoms with Crippen LogP contribution in [0.15, 0.2) is 68.6 Å². The zero-order valence-electron chi connectivity index (χ0n) is 13.3. The third kappa shape index (κ3) is 3.68. The van der Waals surface area contributed by atoms with Gasteiger partial charge in [-0.3, -0.25) is 24.8 Å². The minimum atomic E-state index is -0.457. The zero-order chi connectivity index (χ0) is 18.7. The number of para-hydroxylation sites is 2. The molecule has 0 aliphatic heterocycles. The van der Waals surface area contributed by atoms with Crippen LogP contribution in [0.4, 0.5) is 11.4 Å². The number of hydrogen-bond donors (Lipinski definition) is 0. The van der Waals surface area contributed by atoms with Gasteiger partial charge in [0.05, 0.1) is 19.6 Å². The molecule has 0 saturated carbocycles. The van der Waals surface area contributed by atoms with E-state index in [1.165, 1.54) is 12.1 Å². The van der Waals surface area contributed by atoms with Gasteiger partial charge in [-0.25, -0.2) is 0 Å². The van der Waals surface area contributed by atoms with Crippen molar-refractivity contribution in [2.24, 2.45) is 7.05 Å². The molecule has 1 aromatic heterocycles. The van der Waals surface area contributed by atoms with Crippen molar-refractivity contribution in [1.29, 1.82) is 0 Å². The van der Waals surface area contributed by atoms with E-state index in [4.69, 9.17) is 0 Å². The third-order valence-corrected chi connectivity index (χ3v) is 5.53. The molecule has 0 N–H and O–H groups in total. The van der Waals surface area contributed by atoms with E-state index < -0.39 is 9.85 Å². The molecule has 0 unspecified atom stereocenters. The second kappa shape index (κ2) is 7.54. The van der Waals surface area contributed by atoms with E-state index in [2.05, 4.69) is 10.2 Å². The average molecular weight is 389 g/mol. The Labute approximate surface area is 155 Å². The highest BCUT2D eigenvalue weighted by molar-refractivity contribution is 8.00. The van der Waals surface area contributed by atoms with Gasteiger partial charge >= 0.3 is 0 Å². The van der Waals surface area contributed by atoms with Crippen molar-refractivity contribution >= 4 is 34.9 Å². The van der Waals surface area contributed by atoms with Gasteiger partial charge in [0, 0.05) is 19.2 Å². The Bertz CT molecular complexity index is 915. The second-order valence-corrected chi connectivity index (χ2v) is 7.00. The van der Waals surface area contributed by atoms with E-state index in [-0.39, 0.29) is 11.4 Å². The Balaban J connectivity index is 1.88. The number of benzene rings is 2. The Morgan fingerprint density at radius 1 is 0.808 bits per heavy atom. The molecule has 0 bridgehead atoms. The van der Waals surface area contributed by atoms with Crippen molar-refractivity contribution in [3.63, 3.8) is 0 Å². The lowest BCUT2D eigenvalue weighted by atomic mass is 10.3. The van der Waals surface area contributed by atoms with Gasteiger partial charge in [0.15, 0.2) is 10.3 Å². The van der Waals surface area contributed by atoms with Gasteiger partial charge in [-0.15, -0.1) is 10.2 Å². The molecule has 132 valence electrons. The first-order valence-corrected chi connectivity index (χ1v) is 8.82. The number of aromatic nitrogens is 3. The van der Waals surface area contributed by atoms with E-state index >= 15 is 0 Å². The highest BCUT2D eigenvalue weighted by atomic mass is 32.2. The summed E-state index contributed by atoms with van der Waals surface area (Å²) in [5, 5.41) is 31.2. The molecule has 0 fully saturated rings. The number of rotatable bonds is 6. The van der Waals surface area contributed by atoms with Crippen molar-refractivity contribution in [1.82, 2.24) is 14.8 Å². The van der Waals surface area contributed by atoms with E-state index in [1.807, 2.05) is 0 Å². The molecule has 0 saturated heterocycles. The number of nitro benzene ring substituents is 2. The van der Waals surface area contributed by atoms with Crippen molar-refractivity contribution in [2.75, 3.05) is 0 Å². The standard InChI is InChI=1S/C15H11N5O4S2/c1-18-14(25-12-8-4-2-6-10(12)19(21)22)16-17-15(18)26-13-9-5-3-7-11(13)20(23)24/h2-9H,1H3. The maximum absolute atomic E-state index is 11.1. The average Bonchev–Trinajstić information content (AvgIpc) is 2.96. The summed E-state index contributed by atoms with van der Waals surface area (Å²) >= 11 is 2.22. The van der Waals surface area contributed by atoms with Gasteiger partial charge < -0.3 is 0 Å². The maximum atomic E-state index is 11.1. The Morgan fingerprint density at radius 2 is 1.19 bits per heavy atom. The maximum Gasteiger partial charge on any atom is 0.283 e. The summed E-state index contributed by atoms with van der Waals surface area (Å²) < 4.78 is 1.64. The van der Waals surface area contributed by atoms with Crippen LogP contribution >= 0.6 is 23.5 Å². The minimum Gasteiger partial charge on any atom is -0.300 e. The number of nitro groups is 2. The zero-order valence-corrected chi connectivity index (χ0v) is 14.9. The van der Waals surface area contributed by atoms with E-state index in [9.17, 15) is 20.2 Å². The lowest BCUT2D eigenvalue weighted by Crippen LogP contribution is -1.96. The van der Waals surface area contributed by atoms with Crippen LogP contribution in [-0.4, -0.2) is 24.6 Å². The summed E-state index contributed by atoms with van der Waals surface area (Å²) in [5.41, 5.74) is -0.0400. The molecule has 26 heavy (non-hydrogen) atoms. The van der Waals surface area contributed by atoms with Crippen LogP contribution in [0.2, 0.25) is 0 Å². The molecule has 0 spiro atoms. The molecule has 0 aliphatic carbocycles. The smallest absolute Gasteiger partial charge is 0.283 e. The van der Waals surface area contributed by atoms with Gasteiger partial charge in [-0.1, -0.05) is 24.3 Å². The van der Waals surface area contributed by atoms with E-state index in [1.54, 1.807) is 48.0 Å². The summed E-state index contributed by atoms with van der Waals surface area (Å²) in [6.45, 7) is 0. The summed E-state index contributed by atoms with van der Waals surface area (Å²) in [6.07, 6.45) is 0. The predicted molar refractivity (Wildman–Crippen MR) is 95.4 cm³/mol. The lowest BCUT2D eigenvalue weighted by Gasteiger charge is -2.04. The molecule has 3 rings (SSSR count). The molecule has 0 amide bonds. The van der Waals surface area contributed by atoms with Crippen molar-refractivity contribution in [3.05, 3.63) is 68.8 Å². The normalized spacial score (nSPS) is 10.7. The highest BCUT2D eigenvalue weighted by Gasteiger charge is 2.20. The fourth-order valence-electron chi connectivity index (χ4n) is 2.06. The molecule has 0 atom stereocenters. The molecule has 9 nitrogen and oxygen atoms in total. The lowest BCUT2D eigenvalue weighted by molar-refractivity contribution is -0.387. The topological polar surface area (TPSA) is 117 Å². The van der Waals surface area contributed by atoms with Crippen LogP contribution in [-0.2, 0) is 7.05 Å². The van der Waals surface area contributed by atoms with Gasteiger partial charge in [0.2, 0.25) is 0 Å². The van der Waals surface area contributed by atoms with Crippen LogP contribution in [0.1, 0.15) is 0 Å². The SMILES string of the molecule is Cn1c(Sc2ccccc2[N+](=O)[O-])nnc1Sc1ccccc1[N+](=O)[O-]. The number of hydrogen-bond acceptors (Lipinski definition) is 8. The van der Waals surface area contributed by atoms with Gasteiger partial charge in [-0.2, -0.15) is 0 Å². The van der Waals surface area contributed by atoms with Crippen LogP contribution in [0.3, 0.4) is 0 Å². The number of nitrogens with zero attached hydrogens (tertiary/aromatic N) is 5. The molecular weight excluding hydrogens is 378 g/mol. The van der Waals surface area contributed by atoms with Crippen molar-refractivity contribution in [3.8, 4) is 0 Å². The minimum absolute atomic E-state index is 0.0200. The fourth-order valence-corrected chi connectivity index (χ4v) is 3.91. The first kappa shape index (κ1) is 17.9. The van der Waals surface area contributed by atoms with Gasteiger partial charge in [-0.05, 0) is 35.7 Å². The van der Waals surface area contributed by atoms with E-state index in [0.717, 1.165) is 23.5 Å². The van der Waals surface area contributed by atoms with Gasteiger partial charge in [0.1, 0.15) is 0 Å². The van der Waals surface area contributed by atoms with Crippen LogP contribution in [0.25, 0.3) is 0 Å². The molecule has 3 aromatic rings. The van der Waals surface area contributed by atoms with Crippen LogP contribution in [0.5, 0.6) is 0 Å². The molecule has 11 heteroatoms. The molecule has 2 aromatic carbocycles. The Hall–Kier alpha value is -2.92. The van der Waals surface area contributed by atoms with E-state index in [0.29, 0.717) is 20.1 Å². The largest absolute Gasteiger partial charge is 0.300 e. The summed E-state index contributed by atoms with van der Waals surface area (Å²) in [7, 11) is 1.70. The quantitative estimate of drug-likeness (QED) is 0.460. The second-order valence-electron chi connectivity index (χ2n) is 4.98. The summed E-state index contributed by atoms with van der Waals surface area (Å²) in [6, 6.07) is 12.7. The Morgan fingerprint density at radius 3 is 1.58 bits per heavy atom. The summed E-state index contributed by atoms with van der Waals surface area (Å²) in [4.78, 5) is 22.2. The highest BCUT2D eigenvalue weighted by Crippen LogP contribution is 2.37. The molecule has 0 radical (unpaired) electrons. The monoisotopic (exact) mass is 389 g/mol. The molecule has 1 heterocycles. The third-order valence-electron chi connectivity index (χ3n) is 3.32. The molecular formula is C15H11N5O4S2. The van der Waals surface area contributed by atoms with Crippen LogP contribution < -0.4 is 0 Å². The fraction of sp³-hybridized carbons (Fsp3) is 0.0667. The van der Waals surface area contributed by atoms with Crippen molar-refractivity contribution in [2.45, 2.75) is 20.1 Å². The van der Waals surface area contributed by atoms with Crippen LogP contribution in [0, 0.1) is 20.2 Å². The van der Waals surface area contributed by atoms with Gasteiger partial charge in [0.25, 0.3) is 11.4 Å². The molecule has 0 aliphatic rings. The Kier molecular flexibility index (Phi) is 5.19. The predicted octanol–water partition coefficient (Wildman–Crippen LogP) is 3.93. The first-order valence-electron chi connectivity index (χ1n) is 7.19. The first-order chi connectivity index (χ1) is 12.5. The van der Waals surface area contributed by atoms with Crippen molar-refractivity contribution < 1.29 is 9.85 Å².